The number of hydrogen-bond donors (Lipinski definition) is 1. The van der Waals surface area contributed by atoms with Crippen LogP contribution < -0.4 is 10.6 Å². The van der Waals surface area contributed by atoms with Crippen LogP contribution in [-0.4, -0.2) is 17.6 Å². The van der Waals surface area contributed by atoms with E-state index in [1.165, 1.54) is 44.2 Å². The summed E-state index contributed by atoms with van der Waals surface area (Å²) in [6.07, 6.45) is 8.20. The maximum absolute atomic E-state index is 5.89. The van der Waals surface area contributed by atoms with E-state index in [0.717, 1.165) is 18.0 Å². The molecule has 0 amide bonds. The van der Waals surface area contributed by atoms with Crippen molar-refractivity contribution in [2.24, 2.45) is 11.7 Å². The first-order valence-corrected chi connectivity index (χ1v) is 7.83. The first-order chi connectivity index (χ1) is 9.27. The van der Waals surface area contributed by atoms with E-state index >= 15 is 0 Å². The third kappa shape index (κ3) is 2.48. The highest BCUT2D eigenvalue weighted by Gasteiger charge is 2.34. The van der Waals surface area contributed by atoms with Crippen LogP contribution in [0.2, 0.25) is 0 Å². The zero-order chi connectivity index (χ0) is 13.2. The van der Waals surface area contributed by atoms with Crippen LogP contribution in [0, 0.1) is 5.92 Å². The fourth-order valence-corrected chi connectivity index (χ4v) is 4.03. The van der Waals surface area contributed by atoms with Gasteiger partial charge in [0.2, 0.25) is 0 Å². The van der Waals surface area contributed by atoms with Gasteiger partial charge >= 0.3 is 0 Å². The number of para-hydroxylation sites is 1. The van der Waals surface area contributed by atoms with Crippen molar-refractivity contribution < 1.29 is 0 Å². The highest BCUT2D eigenvalue weighted by Crippen LogP contribution is 2.38. The van der Waals surface area contributed by atoms with E-state index in [0.29, 0.717) is 11.0 Å². The van der Waals surface area contributed by atoms with Gasteiger partial charge in [-0.1, -0.05) is 37.2 Å². The fourth-order valence-electron chi connectivity index (χ4n) is 3.86. The van der Waals surface area contributed by atoms with E-state index in [9.17, 15) is 0 Å². The van der Waals surface area contributed by atoms with Crippen LogP contribution in [0.4, 0.5) is 5.69 Å². The molecule has 2 atom stereocenters. The van der Waals surface area contributed by atoms with Crippen molar-refractivity contribution in [1.82, 2.24) is 0 Å². The topological polar surface area (TPSA) is 29.3 Å². The monoisotopic (exact) mass is 274 g/mol. The summed E-state index contributed by atoms with van der Waals surface area (Å²) in [7, 11) is 0. The summed E-state index contributed by atoms with van der Waals surface area (Å²) in [6.45, 7) is 1.15. The Labute approximate surface area is 121 Å². The number of anilines is 1. The first kappa shape index (κ1) is 12.9. The van der Waals surface area contributed by atoms with E-state index in [1.54, 1.807) is 0 Å². The largest absolute Gasteiger partial charge is 0.389 e. The molecule has 102 valence electrons. The summed E-state index contributed by atoms with van der Waals surface area (Å²) < 4.78 is 0. The molecule has 0 radical (unpaired) electrons. The van der Waals surface area contributed by atoms with Gasteiger partial charge < -0.3 is 10.6 Å². The summed E-state index contributed by atoms with van der Waals surface area (Å²) in [5.41, 5.74) is 8.20. The van der Waals surface area contributed by atoms with Gasteiger partial charge in [0.25, 0.3) is 0 Å². The quantitative estimate of drug-likeness (QED) is 0.837. The molecular formula is C16H22N2S. The van der Waals surface area contributed by atoms with Crippen LogP contribution in [0.1, 0.15) is 44.1 Å². The van der Waals surface area contributed by atoms with E-state index in [-0.39, 0.29) is 0 Å². The lowest BCUT2D eigenvalue weighted by Gasteiger charge is -2.46. The molecule has 0 aromatic heterocycles. The van der Waals surface area contributed by atoms with Gasteiger partial charge in [-0.25, -0.2) is 0 Å². The zero-order valence-electron chi connectivity index (χ0n) is 11.3. The Morgan fingerprint density at radius 3 is 2.68 bits per heavy atom. The van der Waals surface area contributed by atoms with Crippen molar-refractivity contribution in [1.29, 1.82) is 0 Å². The van der Waals surface area contributed by atoms with Crippen LogP contribution in [0.5, 0.6) is 0 Å². The van der Waals surface area contributed by atoms with Gasteiger partial charge in [-0.05, 0) is 43.7 Å². The van der Waals surface area contributed by atoms with Gasteiger partial charge in [0, 0.05) is 23.8 Å². The molecular weight excluding hydrogens is 252 g/mol. The van der Waals surface area contributed by atoms with E-state index in [2.05, 4.69) is 23.1 Å². The van der Waals surface area contributed by atoms with Crippen LogP contribution in [0.15, 0.2) is 24.3 Å². The van der Waals surface area contributed by atoms with Gasteiger partial charge in [0.15, 0.2) is 0 Å². The first-order valence-electron chi connectivity index (χ1n) is 7.43. The summed E-state index contributed by atoms with van der Waals surface area (Å²) in [5, 5.41) is 0. The van der Waals surface area contributed by atoms with E-state index in [1.807, 2.05) is 6.07 Å². The van der Waals surface area contributed by atoms with Gasteiger partial charge in [-0.15, -0.1) is 0 Å². The molecule has 1 aromatic rings. The Hall–Kier alpha value is -1.09. The Bertz CT molecular complexity index is 470. The molecule has 1 aromatic carbocycles. The normalized spacial score (nSPS) is 26.8. The predicted molar refractivity (Wildman–Crippen MR) is 84.7 cm³/mol. The minimum atomic E-state index is 0.522. The molecule has 19 heavy (non-hydrogen) atoms. The molecule has 0 unspecified atom stereocenters. The molecule has 3 heteroatoms. The lowest BCUT2D eigenvalue weighted by atomic mass is 9.78. The summed E-state index contributed by atoms with van der Waals surface area (Å²) in [5.74, 6) is 0.877. The van der Waals surface area contributed by atoms with Gasteiger partial charge in [0.1, 0.15) is 4.99 Å². The number of benzene rings is 1. The number of fused-ring (bicyclic) bond motifs is 1. The van der Waals surface area contributed by atoms with Crippen LogP contribution in [0.3, 0.4) is 0 Å². The highest BCUT2D eigenvalue weighted by atomic mass is 32.1. The summed E-state index contributed by atoms with van der Waals surface area (Å²) in [4.78, 5) is 3.11. The van der Waals surface area contributed by atoms with Crippen LogP contribution in [-0.2, 0) is 0 Å². The van der Waals surface area contributed by atoms with Gasteiger partial charge in [0.05, 0.1) is 0 Å². The molecule has 1 aliphatic carbocycles. The Balaban J connectivity index is 1.94. The maximum Gasteiger partial charge on any atom is 0.106 e. The SMILES string of the molecule is NC(=S)c1ccccc1N1CCC[C@H]2CCCC[C@H]21. The van der Waals surface area contributed by atoms with Crippen molar-refractivity contribution >= 4 is 22.9 Å². The Morgan fingerprint density at radius 1 is 1.11 bits per heavy atom. The third-order valence-corrected chi connectivity index (χ3v) is 4.94. The lowest BCUT2D eigenvalue weighted by molar-refractivity contribution is 0.244. The standard InChI is InChI=1S/C16H22N2S/c17-16(19)13-8-2-4-10-15(13)18-11-5-7-12-6-1-3-9-14(12)18/h2,4,8,10,12,14H,1,3,5-7,9,11H2,(H2,17,19)/t12-,14-/m1/s1. The van der Waals surface area contributed by atoms with Crippen LogP contribution in [0.25, 0.3) is 0 Å². The molecule has 2 fully saturated rings. The molecule has 1 heterocycles. The second-order valence-corrected chi connectivity index (χ2v) is 6.27. The number of hydrogen-bond acceptors (Lipinski definition) is 2. The number of nitrogens with zero attached hydrogens (tertiary/aromatic N) is 1. The Morgan fingerprint density at radius 2 is 1.84 bits per heavy atom. The number of piperidine rings is 1. The highest BCUT2D eigenvalue weighted by molar-refractivity contribution is 7.80. The molecule has 2 aliphatic rings. The summed E-state index contributed by atoms with van der Waals surface area (Å²) in [6, 6.07) is 9.08. The lowest BCUT2D eigenvalue weighted by Crippen LogP contribution is -2.47. The number of thiocarbonyl (C=S) groups is 1. The zero-order valence-corrected chi connectivity index (χ0v) is 12.2. The second kappa shape index (κ2) is 5.49. The van der Waals surface area contributed by atoms with Crippen molar-refractivity contribution in [3.8, 4) is 0 Å². The van der Waals surface area contributed by atoms with Crippen molar-refractivity contribution in [3.05, 3.63) is 29.8 Å². The maximum atomic E-state index is 5.89. The van der Waals surface area contributed by atoms with Crippen LogP contribution >= 0.6 is 12.2 Å². The Kier molecular flexibility index (Phi) is 3.74. The fraction of sp³-hybridized carbons (Fsp3) is 0.562. The van der Waals surface area contributed by atoms with Crippen molar-refractivity contribution in [2.75, 3.05) is 11.4 Å². The molecule has 1 saturated heterocycles. The molecule has 1 saturated carbocycles. The molecule has 2 nitrogen and oxygen atoms in total. The predicted octanol–water partition coefficient (Wildman–Crippen LogP) is 3.48. The summed E-state index contributed by atoms with van der Waals surface area (Å²) >= 11 is 5.22. The minimum Gasteiger partial charge on any atom is -0.389 e. The molecule has 1 aliphatic heterocycles. The molecule has 0 bridgehead atoms. The van der Waals surface area contributed by atoms with Gasteiger partial charge in [-0.3, -0.25) is 0 Å². The van der Waals surface area contributed by atoms with Crippen molar-refractivity contribution in [3.63, 3.8) is 0 Å². The minimum absolute atomic E-state index is 0.522. The van der Waals surface area contributed by atoms with E-state index < -0.39 is 0 Å². The number of nitrogens with two attached hydrogens (primary N) is 1. The molecule has 0 spiro atoms. The van der Waals surface area contributed by atoms with Gasteiger partial charge in [-0.2, -0.15) is 0 Å². The second-order valence-electron chi connectivity index (χ2n) is 5.83. The number of rotatable bonds is 2. The average molecular weight is 274 g/mol. The smallest absolute Gasteiger partial charge is 0.106 e. The molecule has 3 rings (SSSR count). The molecule has 2 N–H and O–H groups in total. The third-order valence-electron chi connectivity index (χ3n) is 4.72. The van der Waals surface area contributed by atoms with Crippen molar-refractivity contribution in [2.45, 2.75) is 44.6 Å². The average Bonchev–Trinajstić information content (AvgIpc) is 2.46. The van der Waals surface area contributed by atoms with E-state index in [4.69, 9.17) is 18.0 Å².